The molecular weight excluding hydrogens is 396 g/mol. The third-order valence-electron chi connectivity index (χ3n) is 5.47. The number of carbonyl (C=O) groups excluding carboxylic acids is 1. The molecule has 3 rings (SSSR count). The molecule has 1 N–H and O–H groups in total. The standard InChI is InChI=1S/C20H29BrN2O3/c21-17-5-4-6-18(15-17)26-12-7-19(24)22-16-20(8-2-1-3-9-20)23-10-13-25-14-11-23/h4-6,15H,1-3,7-14,16H2,(H,22,24). The summed E-state index contributed by atoms with van der Waals surface area (Å²) in [4.78, 5) is 14.9. The minimum atomic E-state index is 0.0678. The Hall–Kier alpha value is -1.11. The molecule has 1 amide bonds. The van der Waals surface area contributed by atoms with Gasteiger partial charge in [-0.25, -0.2) is 0 Å². The zero-order valence-electron chi connectivity index (χ0n) is 15.3. The van der Waals surface area contributed by atoms with Crippen molar-refractivity contribution in [2.45, 2.75) is 44.1 Å². The van der Waals surface area contributed by atoms with Gasteiger partial charge in [0, 0.05) is 29.6 Å². The fraction of sp³-hybridized carbons (Fsp3) is 0.650. The normalized spacial score (nSPS) is 20.5. The molecule has 1 saturated heterocycles. The highest BCUT2D eigenvalue weighted by atomic mass is 79.9. The van der Waals surface area contributed by atoms with Crippen LogP contribution in [0, 0.1) is 0 Å². The molecule has 0 atom stereocenters. The molecule has 0 spiro atoms. The molecular formula is C20H29BrN2O3. The number of halogens is 1. The molecule has 0 unspecified atom stereocenters. The van der Waals surface area contributed by atoms with Crippen LogP contribution < -0.4 is 10.1 Å². The number of hydrogen-bond acceptors (Lipinski definition) is 4. The first-order valence-corrected chi connectivity index (χ1v) is 10.5. The van der Waals surface area contributed by atoms with E-state index in [9.17, 15) is 4.79 Å². The number of hydrogen-bond donors (Lipinski definition) is 1. The molecule has 1 aromatic carbocycles. The number of benzene rings is 1. The average Bonchev–Trinajstić information content (AvgIpc) is 2.68. The van der Waals surface area contributed by atoms with Gasteiger partial charge in [0.25, 0.3) is 0 Å². The van der Waals surface area contributed by atoms with Crippen LogP contribution in [-0.2, 0) is 9.53 Å². The van der Waals surface area contributed by atoms with Crippen molar-refractivity contribution in [1.29, 1.82) is 0 Å². The second-order valence-corrected chi connectivity index (χ2v) is 8.13. The second kappa shape index (κ2) is 9.72. The lowest BCUT2D eigenvalue weighted by Crippen LogP contribution is -2.59. The molecule has 6 heteroatoms. The van der Waals surface area contributed by atoms with Crippen LogP contribution in [0.5, 0.6) is 5.75 Å². The first kappa shape index (κ1) is 19.6. The fourth-order valence-electron chi connectivity index (χ4n) is 4.02. The lowest BCUT2D eigenvalue weighted by molar-refractivity contribution is -0.122. The van der Waals surface area contributed by atoms with Gasteiger partial charge in [-0.05, 0) is 31.0 Å². The minimum absolute atomic E-state index is 0.0678. The third-order valence-corrected chi connectivity index (χ3v) is 5.97. The molecule has 1 saturated carbocycles. The number of carbonyl (C=O) groups is 1. The summed E-state index contributed by atoms with van der Waals surface area (Å²) in [5.41, 5.74) is 0.114. The van der Waals surface area contributed by atoms with E-state index in [4.69, 9.17) is 9.47 Å². The Morgan fingerprint density at radius 3 is 2.73 bits per heavy atom. The summed E-state index contributed by atoms with van der Waals surface area (Å²) in [5.74, 6) is 0.849. The van der Waals surface area contributed by atoms with Gasteiger partial charge in [-0.15, -0.1) is 0 Å². The number of nitrogens with zero attached hydrogens (tertiary/aromatic N) is 1. The Kier molecular flexibility index (Phi) is 7.34. The van der Waals surface area contributed by atoms with E-state index in [2.05, 4.69) is 26.1 Å². The summed E-state index contributed by atoms with van der Waals surface area (Å²) in [6, 6.07) is 7.69. The van der Waals surface area contributed by atoms with Crippen LogP contribution in [0.4, 0.5) is 0 Å². The first-order chi connectivity index (χ1) is 12.7. The van der Waals surface area contributed by atoms with Crippen LogP contribution in [-0.4, -0.2) is 55.8 Å². The quantitative estimate of drug-likeness (QED) is 0.728. The Morgan fingerprint density at radius 2 is 2.00 bits per heavy atom. The van der Waals surface area contributed by atoms with Crippen LogP contribution in [0.15, 0.2) is 28.7 Å². The summed E-state index contributed by atoms with van der Waals surface area (Å²) in [7, 11) is 0. The fourth-order valence-corrected chi connectivity index (χ4v) is 4.40. The lowest BCUT2D eigenvalue weighted by Gasteiger charge is -2.48. The van der Waals surface area contributed by atoms with E-state index in [0.717, 1.165) is 43.1 Å². The van der Waals surface area contributed by atoms with Crippen molar-refractivity contribution in [2.24, 2.45) is 0 Å². The van der Waals surface area contributed by atoms with Crippen LogP contribution in [0.3, 0.4) is 0 Å². The van der Waals surface area contributed by atoms with Gasteiger partial charge in [0.1, 0.15) is 5.75 Å². The average molecular weight is 425 g/mol. The van der Waals surface area contributed by atoms with Gasteiger partial charge < -0.3 is 14.8 Å². The molecule has 0 radical (unpaired) electrons. The first-order valence-electron chi connectivity index (χ1n) is 9.66. The van der Waals surface area contributed by atoms with Gasteiger partial charge in [0.15, 0.2) is 0 Å². The maximum atomic E-state index is 12.3. The van der Waals surface area contributed by atoms with Gasteiger partial charge in [-0.1, -0.05) is 41.3 Å². The number of amides is 1. The molecule has 1 aliphatic heterocycles. The largest absolute Gasteiger partial charge is 0.493 e. The van der Waals surface area contributed by atoms with E-state index in [1.165, 1.54) is 32.1 Å². The van der Waals surface area contributed by atoms with E-state index in [1.54, 1.807) is 0 Å². The maximum absolute atomic E-state index is 12.3. The Bertz CT molecular complexity index is 584. The van der Waals surface area contributed by atoms with Gasteiger partial charge in [0.2, 0.25) is 5.91 Å². The summed E-state index contributed by atoms with van der Waals surface area (Å²) < 4.78 is 12.2. The Morgan fingerprint density at radius 1 is 1.23 bits per heavy atom. The van der Waals surface area contributed by atoms with Crippen LogP contribution in [0.25, 0.3) is 0 Å². The maximum Gasteiger partial charge on any atom is 0.223 e. The lowest BCUT2D eigenvalue weighted by atomic mass is 9.79. The number of nitrogens with one attached hydrogen (secondary N) is 1. The van der Waals surface area contributed by atoms with Crippen LogP contribution >= 0.6 is 15.9 Å². The highest BCUT2D eigenvalue weighted by Gasteiger charge is 2.38. The van der Waals surface area contributed by atoms with Crippen molar-refractivity contribution in [3.8, 4) is 5.75 Å². The summed E-state index contributed by atoms with van der Waals surface area (Å²) in [6.07, 6.45) is 6.52. The molecule has 1 aromatic rings. The molecule has 0 bridgehead atoms. The van der Waals surface area contributed by atoms with Crippen molar-refractivity contribution in [1.82, 2.24) is 10.2 Å². The van der Waals surface area contributed by atoms with E-state index in [0.29, 0.717) is 13.0 Å². The Labute approximate surface area is 164 Å². The summed E-state index contributed by atoms with van der Waals surface area (Å²) in [6.45, 7) is 4.69. The molecule has 2 fully saturated rings. The van der Waals surface area contributed by atoms with Crippen molar-refractivity contribution >= 4 is 21.8 Å². The third kappa shape index (κ3) is 5.44. The topological polar surface area (TPSA) is 50.8 Å². The number of ether oxygens (including phenoxy) is 2. The van der Waals surface area contributed by atoms with Crippen LogP contribution in [0.1, 0.15) is 38.5 Å². The van der Waals surface area contributed by atoms with Gasteiger partial charge in [-0.2, -0.15) is 0 Å². The molecule has 1 aliphatic carbocycles. The number of morpholine rings is 1. The highest BCUT2D eigenvalue weighted by Crippen LogP contribution is 2.33. The smallest absolute Gasteiger partial charge is 0.223 e. The highest BCUT2D eigenvalue weighted by molar-refractivity contribution is 9.10. The SMILES string of the molecule is O=C(CCOc1cccc(Br)c1)NCC1(N2CCOCC2)CCCCC1. The molecule has 1 heterocycles. The van der Waals surface area contributed by atoms with Gasteiger partial charge >= 0.3 is 0 Å². The van der Waals surface area contributed by atoms with E-state index in [1.807, 2.05) is 24.3 Å². The molecule has 5 nitrogen and oxygen atoms in total. The van der Waals surface area contributed by atoms with E-state index < -0.39 is 0 Å². The number of rotatable bonds is 7. The second-order valence-electron chi connectivity index (χ2n) is 7.22. The monoisotopic (exact) mass is 424 g/mol. The van der Waals surface area contributed by atoms with Crippen molar-refractivity contribution in [3.05, 3.63) is 28.7 Å². The Balaban J connectivity index is 1.46. The van der Waals surface area contributed by atoms with Crippen molar-refractivity contribution < 1.29 is 14.3 Å². The van der Waals surface area contributed by atoms with Crippen LogP contribution in [0.2, 0.25) is 0 Å². The zero-order valence-corrected chi connectivity index (χ0v) is 16.9. The van der Waals surface area contributed by atoms with E-state index >= 15 is 0 Å². The van der Waals surface area contributed by atoms with E-state index in [-0.39, 0.29) is 11.4 Å². The molecule has 2 aliphatic rings. The minimum Gasteiger partial charge on any atom is -0.493 e. The molecule has 144 valence electrons. The van der Waals surface area contributed by atoms with Crippen molar-refractivity contribution in [3.63, 3.8) is 0 Å². The van der Waals surface area contributed by atoms with Gasteiger partial charge in [0.05, 0.1) is 26.2 Å². The molecule has 26 heavy (non-hydrogen) atoms. The summed E-state index contributed by atoms with van der Waals surface area (Å²) >= 11 is 3.42. The van der Waals surface area contributed by atoms with Crippen molar-refractivity contribution in [2.75, 3.05) is 39.5 Å². The predicted octanol–water partition coefficient (Wildman–Crippen LogP) is 3.37. The molecule has 0 aromatic heterocycles. The van der Waals surface area contributed by atoms with Gasteiger partial charge in [-0.3, -0.25) is 9.69 Å². The summed E-state index contributed by atoms with van der Waals surface area (Å²) in [5, 5.41) is 3.18. The zero-order chi connectivity index (χ0) is 18.2. The predicted molar refractivity (Wildman–Crippen MR) is 105 cm³/mol.